The van der Waals surface area contributed by atoms with Crippen LogP contribution in [0.25, 0.3) is 6.08 Å². The van der Waals surface area contributed by atoms with Crippen LogP contribution in [0.2, 0.25) is 0 Å². The van der Waals surface area contributed by atoms with Gasteiger partial charge in [0.2, 0.25) is 0 Å². The highest BCUT2D eigenvalue weighted by molar-refractivity contribution is 6.01. The van der Waals surface area contributed by atoms with Crippen LogP contribution in [0.4, 0.5) is 0 Å². The lowest BCUT2D eigenvalue weighted by Crippen LogP contribution is -2.51. The normalized spacial score (nSPS) is 31.6. The largest absolute Gasteiger partial charge is 0.507 e. The summed E-state index contributed by atoms with van der Waals surface area (Å²) in [5, 5.41) is 20.8. The van der Waals surface area contributed by atoms with Crippen LogP contribution >= 0.6 is 0 Å². The van der Waals surface area contributed by atoms with E-state index in [1.807, 2.05) is 51.1 Å². The molecule has 2 aromatic carbocycles. The molecule has 7 atom stereocenters. The molecule has 4 aliphatic carbocycles. The number of carbonyl (C=O) groups excluding carboxylic acids is 3. The van der Waals surface area contributed by atoms with E-state index < -0.39 is 17.3 Å². The molecular formula is C47H60O9. The van der Waals surface area contributed by atoms with Crippen molar-refractivity contribution < 1.29 is 43.5 Å². The standard InChI is InChI=1S/C25H28O6.C22H32O3/c1-24(2)9-8-16-20(30-24)7-6-14(23(16)29-5)11-18(26)17-10-15-12-22(28)25(3,4)31-21(15)13-19(17)27;1-4-20(24)25-19-8-7-17-16-6-5-14-13-15(23)9-11-21(14,2)18(16)10-12-22(17,19)3/h6-10,13,22,27-28H,11-12H2,1-5H3;13,16-19H,4-12H2,1-3H3. The van der Waals surface area contributed by atoms with Crippen LogP contribution in [0, 0.1) is 28.6 Å². The summed E-state index contributed by atoms with van der Waals surface area (Å²) >= 11 is 0. The number of ketones is 2. The van der Waals surface area contributed by atoms with Gasteiger partial charge in [-0.1, -0.05) is 32.4 Å². The SMILES string of the molecule is CCC(=O)OC1CCC2C3CCC4=CC(=O)CCC4(C)C3CCC12C.COc1c(CC(=O)c2cc3c(cc2O)OC(C)(C)C(O)C3)ccc2c1C=CC(C)(C)O2. The minimum absolute atomic E-state index is 0.0411. The summed E-state index contributed by atoms with van der Waals surface area (Å²) in [5.74, 6) is 3.79. The monoisotopic (exact) mass is 768 g/mol. The van der Waals surface area contributed by atoms with Gasteiger partial charge in [0.25, 0.3) is 0 Å². The van der Waals surface area contributed by atoms with Gasteiger partial charge >= 0.3 is 5.97 Å². The summed E-state index contributed by atoms with van der Waals surface area (Å²) in [6, 6.07) is 6.72. The zero-order valence-corrected chi connectivity index (χ0v) is 34.5. The number of ether oxygens (including phenoxy) is 4. The summed E-state index contributed by atoms with van der Waals surface area (Å²) in [7, 11) is 1.56. The molecule has 0 amide bonds. The van der Waals surface area contributed by atoms with Gasteiger partial charge in [0.1, 0.15) is 40.3 Å². The molecule has 2 aliphatic heterocycles. The van der Waals surface area contributed by atoms with E-state index in [2.05, 4.69) is 13.8 Å². The molecule has 2 heterocycles. The first-order valence-electron chi connectivity index (χ1n) is 20.7. The molecule has 302 valence electrons. The summed E-state index contributed by atoms with van der Waals surface area (Å²) < 4.78 is 23.3. The van der Waals surface area contributed by atoms with E-state index in [4.69, 9.17) is 18.9 Å². The first-order valence-corrected chi connectivity index (χ1v) is 20.7. The Hall–Kier alpha value is -4.11. The van der Waals surface area contributed by atoms with Crippen molar-refractivity contribution in [1.82, 2.24) is 0 Å². The summed E-state index contributed by atoms with van der Waals surface area (Å²) in [6.45, 7) is 14.2. The van der Waals surface area contributed by atoms with Crippen LogP contribution in [0.5, 0.6) is 23.0 Å². The Labute approximate surface area is 331 Å². The minimum atomic E-state index is -0.758. The van der Waals surface area contributed by atoms with Crippen molar-refractivity contribution in [1.29, 1.82) is 0 Å². The number of methoxy groups -OCH3 is 1. The second kappa shape index (κ2) is 14.7. The van der Waals surface area contributed by atoms with E-state index in [1.54, 1.807) is 27.0 Å². The molecule has 9 heteroatoms. The van der Waals surface area contributed by atoms with Crippen molar-refractivity contribution in [3.05, 3.63) is 64.2 Å². The molecule has 9 nitrogen and oxygen atoms in total. The number of aliphatic hydroxyl groups excluding tert-OH is 1. The number of esters is 1. The highest BCUT2D eigenvalue weighted by atomic mass is 16.5. The fourth-order valence-corrected chi connectivity index (χ4v) is 11.0. The molecule has 7 unspecified atom stereocenters. The van der Waals surface area contributed by atoms with E-state index in [0.717, 1.165) is 43.6 Å². The first kappa shape index (κ1) is 40.1. The van der Waals surface area contributed by atoms with E-state index in [1.165, 1.54) is 30.9 Å². The van der Waals surface area contributed by atoms with Gasteiger partial charge in [0, 0.05) is 42.7 Å². The zero-order chi connectivity index (χ0) is 40.4. The van der Waals surface area contributed by atoms with Gasteiger partial charge in [-0.15, -0.1) is 0 Å². The van der Waals surface area contributed by atoms with Crippen molar-refractivity contribution in [3.63, 3.8) is 0 Å². The maximum atomic E-state index is 13.1. The van der Waals surface area contributed by atoms with E-state index in [-0.39, 0.29) is 46.4 Å². The predicted molar refractivity (Wildman–Crippen MR) is 214 cm³/mol. The summed E-state index contributed by atoms with van der Waals surface area (Å²) in [6.07, 6.45) is 14.9. The van der Waals surface area contributed by atoms with Gasteiger partial charge in [0.15, 0.2) is 11.6 Å². The Morgan fingerprint density at radius 2 is 1.70 bits per heavy atom. The Morgan fingerprint density at radius 3 is 2.43 bits per heavy atom. The van der Waals surface area contributed by atoms with Crippen molar-refractivity contribution in [2.24, 2.45) is 28.6 Å². The second-order valence-corrected chi connectivity index (χ2v) is 18.6. The molecule has 3 fully saturated rings. The van der Waals surface area contributed by atoms with Crippen LogP contribution in [-0.4, -0.2) is 58.3 Å². The first-order chi connectivity index (χ1) is 26.4. The highest BCUT2D eigenvalue weighted by Gasteiger charge is 2.60. The third-order valence-corrected chi connectivity index (χ3v) is 14.3. The number of aromatic hydroxyl groups is 1. The molecule has 0 saturated heterocycles. The maximum absolute atomic E-state index is 13.1. The number of hydrogen-bond donors (Lipinski definition) is 2. The van der Waals surface area contributed by atoms with E-state index in [0.29, 0.717) is 58.8 Å². The highest BCUT2D eigenvalue weighted by Crippen LogP contribution is 2.65. The Morgan fingerprint density at radius 1 is 0.929 bits per heavy atom. The molecular weight excluding hydrogens is 709 g/mol. The smallest absolute Gasteiger partial charge is 0.305 e. The fourth-order valence-electron chi connectivity index (χ4n) is 11.0. The second-order valence-electron chi connectivity index (χ2n) is 18.6. The average Bonchev–Trinajstić information content (AvgIpc) is 3.47. The number of aliphatic hydroxyl groups is 1. The number of allylic oxidation sites excluding steroid dienone is 1. The number of phenolic OH excluding ortho intramolecular Hbond substituents is 1. The number of phenols is 1. The van der Waals surface area contributed by atoms with Gasteiger partial charge < -0.3 is 29.2 Å². The molecule has 56 heavy (non-hydrogen) atoms. The van der Waals surface area contributed by atoms with Crippen molar-refractivity contribution in [2.75, 3.05) is 7.11 Å². The molecule has 6 aliphatic rings. The number of fused-ring (bicyclic) bond motifs is 7. The zero-order valence-electron chi connectivity index (χ0n) is 34.5. The lowest BCUT2D eigenvalue weighted by Gasteiger charge is -2.57. The number of Topliss-reactive ketones (excluding diaryl/α,β-unsaturated/α-hetero) is 1. The molecule has 2 aromatic rings. The van der Waals surface area contributed by atoms with Gasteiger partial charge in [0.05, 0.1) is 24.3 Å². The summed E-state index contributed by atoms with van der Waals surface area (Å²) in [5.41, 5.74) is 3.04. The molecule has 8 rings (SSSR count). The Kier molecular flexibility index (Phi) is 10.5. The van der Waals surface area contributed by atoms with Crippen molar-refractivity contribution >= 4 is 23.6 Å². The molecule has 0 spiro atoms. The van der Waals surface area contributed by atoms with E-state index in [9.17, 15) is 24.6 Å². The van der Waals surface area contributed by atoms with Crippen molar-refractivity contribution in [2.45, 2.75) is 143 Å². The van der Waals surface area contributed by atoms with Crippen LogP contribution in [0.1, 0.15) is 133 Å². The maximum Gasteiger partial charge on any atom is 0.305 e. The van der Waals surface area contributed by atoms with Gasteiger partial charge in [-0.2, -0.15) is 0 Å². The third-order valence-electron chi connectivity index (χ3n) is 14.3. The quantitative estimate of drug-likeness (QED) is 0.219. The molecule has 2 N–H and O–H groups in total. The number of benzene rings is 2. The van der Waals surface area contributed by atoms with Crippen LogP contribution in [-0.2, 0) is 27.2 Å². The number of rotatable bonds is 6. The number of carbonyl (C=O) groups is 3. The summed E-state index contributed by atoms with van der Waals surface area (Å²) in [4.78, 5) is 36.9. The molecule has 0 aromatic heterocycles. The fraction of sp³-hybridized carbons (Fsp3) is 0.596. The topological polar surface area (TPSA) is 129 Å². The lowest BCUT2D eigenvalue weighted by molar-refractivity contribution is -0.159. The molecule has 0 bridgehead atoms. The predicted octanol–water partition coefficient (Wildman–Crippen LogP) is 8.92. The lowest BCUT2D eigenvalue weighted by atomic mass is 9.47. The van der Waals surface area contributed by atoms with Crippen LogP contribution in [0.15, 0.2) is 42.0 Å². The van der Waals surface area contributed by atoms with Gasteiger partial charge in [-0.05, 0) is 132 Å². The molecule has 3 saturated carbocycles. The Bertz CT molecular complexity index is 1970. The number of hydrogen-bond acceptors (Lipinski definition) is 9. The van der Waals surface area contributed by atoms with Crippen LogP contribution in [0.3, 0.4) is 0 Å². The molecule has 0 radical (unpaired) electrons. The van der Waals surface area contributed by atoms with Crippen molar-refractivity contribution in [3.8, 4) is 23.0 Å². The van der Waals surface area contributed by atoms with E-state index >= 15 is 0 Å². The Balaban J connectivity index is 0.000000175. The van der Waals surface area contributed by atoms with Crippen LogP contribution < -0.4 is 14.2 Å². The minimum Gasteiger partial charge on any atom is -0.507 e. The average molecular weight is 769 g/mol. The van der Waals surface area contributed by atoms with Gasteiger partial charge in [-0.3, -0.25) is 14.4 Å². The van der Waals surface area contributed by atoms with Gasteiger partial charge in [-0.25, -0.2) is 0 Å². The third kappa shape index (κ3) is 7.18.